The Bertz CT molecular complexity index is 1920. The molecule has 5 aromatic carbocycles. The highest BCUT2D eigenvalue weighted by atomic mass is 15.2. The Morgan fingerprint density at radius 2 is 1.27 bits per heavy atom. The third kappa shape index (κ3) is 2.69. The summed E-state index contributed by atoms with van der Waals surface area (Å²) in [6.45, 7) is 0. The highest BCUT2D eigenvalue weighted by Crippen LogP contribution is 2.51. The number of anilines is 3. The average Bonchev–Trinajstić information content (AvgIpc) is 2.95. The number of para-hydroxylation sites is 3. The molecule has 0 N–H and O–H groups in total. The summed E-state index contributed by atoms with van der Waals surface area (Å²) in [5.41, 5.74) is 5.33. The van der Waals surface area contributed by atoms with Gasteiger partial charge in [0.25, 0.3) is 0 Å². The zero-order chi connectivity index (χ0) is 26.1. The maximum atomic E-state index is 8.71. The predicted molar refractivity (Wildman–Crippen MR) is 136 cm³/mol. The zero-order valence-electron chi connectivity index (χ0n) is 22.4. The number of benzene rings is 5. The standard InChI is InChI=1S/C30H19N3/c1-2-10-21(11-3-1)29-30(32-25-17-6-5-16-24(25)31-29)33-26-18-7-4-14-22(26)23-15-8-12-20-13-9-19-27(33)28(20)23/h1-19H/i1D,2D,3D,10D,11D. The van der Waals surface area contributed by atoms with Gasteiger partial charge in [0.2, 0.25) is 0 Å². The van der Waals surface area contributed by atoms with Crippen molar-refractivity contribution < 1.29 is 6.85 Å². The van der Waals surface area contributed by atoms with Crippen LogP contribution < -0.4 is 4.90 Å². The molecule has 0 bridgehead atoms. The van der Waals surface area contributed by atoms with Gasteiger partial charge in [-0.25, -0.2) is 9.97 Å². The first kappa shape index (κ1) is 13.8. The van der Waals surface area contributed by atoms with Crippen molar-refractivity contribution in [1.82, 2.24) is 9.97 Å². The molecule has 1 aliphatic rings. The van der Waals surface area contributed by atoms with Gasteiger partial charge in [0.1, 0.15) is 5.69 Å². The summed E-state index contributed by atoms with van der Waals surface area (Å²) in [6.07, 6.45) is 0. The minimum atomic E-state index is -0.443. The summed E-state index contributed by atoms with van der Waals surface area (Å²) in [6, 6.07) is 25.8. The summed E-state index contributed by atoms with van der Waals surface area (Å²) in [7, 11) is 0. The van der Waals surface area contributed by atoms with Gasteiger partial charge in [-0.1, -0.05) is 90.9 Å². The average molecular weight is 427 g/mol. The summed E-state index contributed by atoms with van der Waals surface area (Å²) in [5, 5.41) is 2.12. The van der Waals surface area contributed by atoms with Gasteiger partial charge in [0.05, 0.1) is 29.3 Å². The van der Waals surface area contributed by atoms with Crippen LogP contribution in [0.1, 0.15) is 6.85 Å². The first-order valence-electron chi connectivity index (χ1n) is 13.2. The van der Waals surface area contributed by atoms with Crippen LogP contribution in [0.25, 0.3) is 44.2 Å². The molecule has 0 aliphatic carbocycles. The molecular formula is C30H19N3. The molecule has 0 radical (unpaired) electrons. The minimum absolute atomic E-state index is 0.0211. The van der Waals surface area contributed by atoms with Crippen LogP contribution in [0.15, 0.2) is 115 Å². The fourth-order valence-electron chi connectivity index (χ4n) is 4.67. The Hall–Kier alpha value is -4.50. The molecule has 6 aromatic rings. The molecule has 0 saturated heterocycles. The van der Waals surface area contributed by atoms with Gasteiger partial charge in [-0.15, -0.1) is 0 Å². The van der Waals surface area contributed by atoms with Crippen molar-refractivity contribution in [3.05, 3.63) is 115 Å². The van der Waals surface area contributed by atoms with E-state index in [0.717, 1.165) is 33.3 Å². The molecule has 2 heterocycles. The maximum Gasteiger partial charge on any atom is 0.165 e. The van der Waals surface area contributed by atoms with Crippen LogP contribution in [-0.4, -0.2) is 9.97 Å². The third-order valence-corrected chi connectivity index (χ3v) is 6.06. The lowest BCUT2D eigenvalue weighted by molar-refractivity contribution is 1.18. The molecule has 154 valence electrons. The number of hydrogen-bond acceptors (Lipinski definition) is 3. The van der Waals surface area contributed by atoms with Gasteiger partial charge >= 0.3 is 0 Å². The molecule has 7 rings (SSSR count). The fourth-order valence-corrected chi connectivity index (χ4v) is 4.67. The van der Waals surface area contributed by atoms with Crippen LogP contribution in [0.2, 0.25) is 0 Å². The van der Waals surface area contributed by atoms with Crippen molar-refractivity contribution in [2.24, 2.45) is 0 Å². The first-order chi connectivity index (χ1) is 18.5. The summed E-state index contributed by atoms with van der Waals surface area (Å²) in [4.78, 5) is 11.9. The molecule has 3 nitrogen and oxygen atoms in total. The molecule has 1 aromatic heterocycles. The lowest BCUT2D eigenvalue weighted by Gasteiger charge is -2.33. The molecule has 3 heteroatoms. The number of aromatic nitrogens is 2. The summed E-state index contributed by atoms with van der Waals surface area (Å²) < 4.78 is 42.1. The second kappa shape index (κ2) is 7.01. The van der Waals surface area contributed by atoms with Crippen molar-refractivity contribution in [3.8, 4) is 22.4 Å². The third-order valence-electron chi connectivity index (χ3n) is 6.06. The van der Waals surface area contributed by atoms with E-state index in [2.05, 4.69) is 24.3 Å². The Labute approximate surface area is 198 Å². The van der Waals surface area contributed by atoms with Crippen LogP contribution in [0, 0.1) is 0 Å². The van der Waals surface area contributed by atoms with Crippen molar-refractivity contribution in [2.45, 2.75) is 0 Å². The van der Waals surface area contributed by atoms with Gasteiger partial charge in [0, 0.05) is 16.5 Å². The van der Waals surface area contributed by atoms with E-state index in [4.69, 9.17) is 16.8 Å². The van der Waals surface area contributed by atoms with E-state index in [0.29, 0.717) is 16.9 Å². The predicted octanol–water partition coefficient (Wildman–Crippen LogP) is 7.90. The SMILES string of the molecule is [2H]c1c([2H])c([2H])c(-c2nc3ccccc3nc2N2c3ccccc3-c3cccc4cccc2c34)c([2H])c1[2H]. The molecule has 0 saturated carbocycles. The van der Waals surface area contributed by atoms with Crippen molar-refractivity contribution in [1.29, 1.82) is 0 Å². The minimum Gasteiger partial charge on any atom is -0.292 e. The van der Waals surface area contributed by atoms with Gasteiger partial charge in [-0.2, -0.15) is 0 Å². The normalized spacial score (nSPS) is 14.3. The molecule has 33 heavy (non-hydrogen) atoms. The monoisotopic (exact) mass is 426 g/mol. The van der Waals surface area contributed by atoms with E-state index < -0.39 is 18.1 Å². The molecule has 0 amide bonds. The fraction of sp³-hybridized carbons (Fsp3) is 0. The molecule has 0 unspecified atom stereocenters. The van der Waals surface area contributed by atoms with Crippen LogP contribution >= 0.6 is 0 Å². The van der Waals surface area contributed by atoms with E-state index in [9.17, 15) is 0 Å². The highest BCUT2D eigenvalue weighted by molar-refractivity contribution is 6.14. The van der Waals surface area contributed by atoms with E-state index >= 15 is 0 Å². The van der Waals surface area contributed by atoms with Crippen molar-refractivity contribution >= 4 is 39.0 Å². The quantitative estimate of drug-likeness (QED) is 0.281. The Morgan fingerprint density at radius 1 is 0.606 bits per heavy atom. The molecule has 0 atom stereocenters. The summed E-state index contributed by atoms with van der Waals surface area (Å²) >= 11 is 0. The van der Waals surface area contributed by atoms with Gasteiger partial charge in [-0.05, 0) is 35.2 Å². The van der Waals surface area contributed by atoms with Crippen LogP contribution in [0.5, 0.6) is 0 Å². The maximum absolute atomic E-state index is 8.71. The Morgan fingerprint density at radius 3 is 2.12 bits per heavy atom. The van der Waals surface area contributed by atoms with Crippen molar-refractivity contribution in [3.63, 3.8) is 0 Å². The molecule has 1 aliphatic heterocycles. The lowest BCUT2D eigenvalue weighted by atomic mass is 9.91. The topological polar surface area (TPSA) is 29.0 Å². The second-order valence-corrected chi connectivity index (χ2v) is 7.92. The van der Waals surface area contributed by atoms with E-state index in [1.807, 2.05) is 65.6 Å². The number of nitrogens with zero attached hydrogens (tertiary/aromatic N) is 3. The lowest BCUT2D eigenvalue weighted by Crippen LogP contribution is -2.17. The largest absolute Gasteiger partial charge is 0.292 e. The second-order valence-electron chi connectivity index (χ2n) is 7.92. The zero-order valence-corrected chi connectivity index (χ0v) is 17.4. The van der Waals surface area contributed by atoms with E-state index in [-0.39, 0.29) is 23.3 Å². The summed E-state index contributed by atoms with van der Waals surface area (Å²) in [5.74, 6) is 0.400. The first-order valence-corrected chi connectivity index (χ1v) is 10.7. The van der Waals surface area contributed by atoms with Gasteiger partial charge in [-0.3, -0.25) is 4.90 Å². The Kier molecular flexibility index (Phi) is 2.93. The molecular weight excluding hydrogens is 402 g/mol. The van der Waals surface area contributed by atoms with E-state index in [1.54, 1.807) is 0 Å². The molecule has 0 fully saturated rings. The van der Waals surface area contributed by atoms with Crippen LogP contribution in [0.3, 0.4) is 0 Å². The number of rotatable bonds is 2. The Balaban J connectivity index is 1.65. The number of hydrogen-bond donors (Lipinski definition) is 0. The molecule has 0 spiro atoms. The van der Waals surface area contributed by atoms with Crippen molar-refractivity contribution in [2.75, 3.05) is 4.90 Å². The van der Waals surface area contributed by atoms with Gasteiger partial charge in [0.15, 0.2) is 5.82 Å². The van der Waals surface area contributed by atoms with Gasteiger partial charge < -0.3 is 0 Å². The van der Waals surface area contributed by atoms with Crippen LogP contribution in [0.4, 0.5) is 17.2 Å². The smallest absolute Gasteiger partial charge is 0.165 e. The van der Waals surface area contributed by atoms with Crippen LogP contribution in [-0.2, 0) is 0 Å². The van der Waals surface area contributed by atoms with E-state index in [1.165, 1.54) is 0 Å². The number of fused-ring (bicyclic) bond motifs is 3. The highest BCUT2D eigenvalue weighted by Gasteiger charge is 2.29.